The quantitative estimate of drug-likeness (QED) is 0.525. The predicted molar refractivity (Wildman–Crippen MR) is 118 cm³/mol. The monoisotopic (exact) mass is 400 g/mol. The maximum atomic E-state index is 12.6. The summed E-state index contributed by atoms with van der Waals surface area (Å²) in [6.07, 6.45) is -0.705. The number of amides is 1. The van der Waals surface area contributed by atoms with Gasteiger partial charge < -0.3 is 10.1 Å². The number of rotatable bonds is 5. The standard InChI is InChI=1S/C24H24N4O2/c1-15-10-8-9-13-20(15)25-24(29)18(4)30-21-14-16(2)22-17(3)27-28(23(22)26-21)19-11-6-5-7-12-19/h5-14,18H,1-4H3,(H,25,29)/t18-/m0/s1. The number of hydrogen-bond donors (Lipinski definition) is 1. The average molecular weight is 400 g/mol. The molecule has 2 aromatic carbocycles. The van der Waals surface area contributed by atoms with Crippen LogP contribution in [-0.2, 0) is 4.79 Å². The van der Waals surface area contributed by atoms with Gasteiger partial charge in [-0.25, -0.2) is 4.68 Å². The van der Waals surface area contributed by atoms with Crippen molar-refractivity contribution in [3.8, 4) is 11.6 Å². The number of fused-ring (bicyclic) bond motifs is 1. The van der Waals surface area contributed by atoms with E-state index in [1.54, 1.807) is 6.92 Å². The van der Waals surface area contributed by atoms with Crippen LogP contribution in [0.15, 0.2) is 60.7 Å². The number of benzene rings is 2. The second kappa shape index (κ2) is 7.99. The molecule has 0 aliphatic carbocycles. The second-order valence-electron chi connectivity index (χ2n) is 7.37. The normalized spacial score (nSPS) is 12.0. The molecule has 0 saturated heterocycles. The number of carbonyl (C=O) groups is 1. The van der Waals surface area contributed by atoms with Crippen LogP contribution in [0.3, 0.4) is 0 Å². The van der Waals surface area contributed by atoms with Gasteiger partial charge in [-0.05, 0) is 57.0 Å². The van der Waals surface area contributed by atoms with Crippen LogP contribution >= 0.6 is 0 Å². The Hall–Kier alpha value is -3.67. The van der Waals surface area contributed by atoms with E-state index in [4.69, 9.17) is 4.74 Å². The molecule has 30 heavy (non-hydrogen) atoms. The van der Waals surface area contributed by atoms with Crippen LogP contribution in [0.1, 0.15) is 23.7 Å². The number of nitrogens with zero attached hydrogens (tertiary/aromatic N) is 3. The fourth-order valence-corrected chi connectivity index (χ4v) is 3.47. The third-order valence-electron chi connectivity index (χ3n) is 5.06. The van der Waals surface area contributed by atoms with Crippen molar-refractivity contribution in [3.63, 3.8) is 0 Å². The lowest BCUT2D eigenvalue weighted by Crippen LogP contribution is -2.30. The topological polar surface area (TPSA) is 69.0 Å². The molecule has 4 rings (SSSR count). The van der Waals surface area contributed by atoms with Gasteiger partial charge in [0, 0.05) is 17.1 Å². The maximum Gasteiger partial charge on any atom is 0.265 e. The zero-order valence-electron chi connectivity index (χ0n) is 17.5. The van der Waals surface area contributed by atoms with Crippen LogP contribution < -0.4 is 10.1 Å². The number of nitrogens with one attached hydrogen (secondary N) is 1. The Kier molecular flexibility index (Phi) is 5.23. The summed E-state index contributed by atoms with van der Waals surface area (Å²) in [7, 11) is 0. The summed E-state index contributed by atoms with van der Waals surface area (Å²) >= 11 is 0. The third kappa shape index (κ3) is 3.76. The molecule has 1 atom stereocenters. The van der Waals surface area contributed by atoms with Gasteiger partial charge in [0.15, 0.2) is 11.8 Å². The average Bonchev–Trinajstić information content (AvgIpc) is 3.07. The Balaban J connectivity index is 1.63. The van der Waals surface area contributed by atoms with Gasteiger partial charge in [-0.1, -0.05) is 36.4 Å². The van der Waals surface area contributed by atoms with Crippen molar-refractivity contribution >= 4 is 22.6 Å². The number of ether oxygens (including phenoxy) is 1. The van der Waals surface area contributed by atoms with Crippen LogP contribution in [0, 0.1) is 20.8 Å². The molecular formula is C24H24N4O2. The molecule has 0 radical (unpaired) electrons. The minimum absolute atomic E-state index is 0.225. The van der Waals surface area contributed by atoms with Gasteiger partial charge in [-0.2, -0.15) is 10.1 Å². The van der Waals surface area contributed by atoms with Gasteiger partial charge in [-0.3, -0.25) is 4.79 Å². The first-order valence-corrected chi connectivity index (χ1v) is 9.89. The first-order chi connectivity index (χ1) is 14.4. The van der Waals surface area contributed by atoms with Crippen LogP contribution in [0.5, 0.6) is 5.88 Å². The van der Waals surface area contributed by atoms with Crippen molar-refractivity contribution in [2.75, 3.05) is 5.32 Å². The highest BCUT2D eigenvalue weighted by atomic mass is 16.5. The summed E-state index contributed by atoms with van der Waals surface area (Å²) in [6.45, 7) is 7.63. The van der Waals surface area contributed by atoms with E-state index in [0.717, 1.165) is 33.6 Å². The van der Waals surface area contributed by atoms with E-state index in [-0.39, 0.29) is 5.91 Å². The highest BCUT2D eigenvalue weighted by Gasteiger charge is 2.19. The van der Waals surface area contributed by atoms with Gasteiger partial charge in [0.2, 0.25) is 5.88 Å². The molecule has 6 heteroatoms. The van der Waals surface area contributed by atoms with Crippen LogP contribution in [-0.4, -0.2) is 26.8 Å². The number of aryl methyl sites for hydroxylation is 3. The molecule has 2 heterocycles. The molecule has 0 saturated carbocycles. The maximum absolute atomic E-state index is 12.6. The molecule has 152 valence electrons. The zero-order valence-corrected chi connectivity index (χ0v) is 17.5. The fraction of sp³-hybridized carbons (Fsp3) is 0.208. The van der Waals surface area contributed by atoms with E-state index >= 15 is 0 Å². The number of pyridine rings is 1. The predicted octanol–water partition coefficient (Wildman–Crippen LogP) is 4.75. The smallest absolute Gasteiger partial charge is 0.265 e. The molecule has 1 N–H and O–H groups in total. The van der Waals surface area contributed by atoms with Gasteiger partial charge >= 0.3 is 0 Å². The highest BCUT2D eigenvalue weighted by molar-refractivity contribution is 5.94. The molecule has 0 aliphatic heterocycles. The summed E-state index contributed by atoms with van der Waals surface area (Å²) in [4.78, 5) is 17.3. The largest absolute Gasteiger partial charge is 0.464 e. The van der Waals surface area contributed by atoms with Crippen LogP contribution in [0.2, 0.25) is 0 Å². The Morgan fingerprint density at radius 3 is 2.43 bits per heavy atom. The number of hydrogen-bond acceptors (Lipinski definition) is 4. The van der Waals surface area contributed by atoms with Crippen molar-refractivity contribution in [2.24, 2.45) is 0 Å². The van der Waals surface area contributed by atoms with Crippen LogP contribution in [0.4, 0.5) is 5.69 Å². The zero-order chi connectivity index (χ0) is 21.3. The Morgan fingerprint density at radius 1 is 1.00 bits per heavy atom. The molecule has 6 nitrogen and oxygen atoms in total. The summed E-state index contributed by atoms with van der Waals surface area (Å²) < 4.78 is 7.72. The molecule has 1 amide bonds. The Labute approximate surface area is 175 Å². The SMILES string of the molecule is Cc1ccccc1NC(=O)[C@H](C)Oc1cc(C)c2c(C)nn(-c3ccccc3)c2n1. The van der Waals surface area contributed by atoms with Crippen molar-refractivity contribution < 1.29 is 9.53 Å². The first-order valence-electron chi connectivity index (χ1n) is 9.89. The van der Waals surface area contributed by atoms with Gasteiger partial charge in [0.1, 0.15) is 0 Å². The molecule has 0 unspecified atom stereocenters. The van der Waals surface area contributed by atoms with E-state index in [0.29, 0.717) is 11.5 Å². The lowest BCUT2D eigenvalue weighted by Gasteiger charge is -2.16. The first kappa shape index (κ1) is 19.6. The Bertz CT molecular complexity index is 1210. The van der Waals surface area contributed by atoms with Gasteiger partial charge in [0.05, 0.1) is 11.4 Å². The summed E-state index contributed by atoms with van der Waals surface area (Å²) in [6, 6.07) is 19.3. The van der Waals surface area contributed by atoms with E-state index in [1.165, 1.54) is 0 Å². The number of para-hydroxylation sites is 2. The third-order valence-corrected chi connectivity index (χ3v) is 5.06. The van der Waals surface area contributed by atoms with Crippen molar-refractivity contribution in [1.82, 2.24) is 14.8 Å². The number of carbonyl (C=O) groups excluding carboxylic acids is 1. The lowest BCUT2D eigenvalue weighted by atomic mass is 10.1. The molecule has 0 bridgehead atoms. The van der Waals surface area contributed by atoms with E-state index in [1.807, 2.05) is 86.1 Å². The Morgan fingerprint density at radius 2 is 1.70 bits per heavy atom. The minimum atomic E-state index is -0.705. The second-order valence-corrected chi connectivity index (χ2v) is 7.37. The molecule has 0 aliphatic rings. The fourth-order valence-electron chi connectivity index (χ4n) is 3.47. The van der Waals surface area contributed by atoms with Crippen LogP contribution in [0.25, 0.3) is 16.7 Å². The van der Waals surface area contributed by atoms with Crippen molar-refractivity contribution in [1.29, 1.82) is 0 Å². The number of anilines is 1. The summed E-state index contributed by atoms with van der Waals surface area (Å²) in [5, 5.41) is 8.56. The highest BCUT2D eigenvalue weighted by Crippen LogP contribution is 2.27. The molecule has 2 aromatic heterocycles. The molecular weight excluding hydrogens is 376 g/mol. The minimum Gasteiger partial charge on any atom is -0.464 e. The molecule has 0 spiro atoms. The van der Waals surface area contributed by atoms with Gasteiger partial charge in [-0.15, -0.1) is 0 Å². The van der Waals surface area contributed by atoms with E-state index in [2.05, 4.69) is 15.4 Å². The molecule has 0 fully saturated rings. The summed E-state index contributed by atoms with van der Waals surface area (Å²) in [5.74, 6) is 0.168. The van der Waals surface area contributed by atoms with Crippen molar-refractivity contribution in [3.05, 3.63) is 77.5 Å². The lowest BCUT2D eigenvalue weighted by molar-refractivity contribution is -0.122. The van der Waals surface area contributed by atoms with E-state index in [9.17, 15) is 4.79 Å². The van der Waals surface area contributed by atoms with E-state index < -0.39 is 6.10 Å². The number of aromatic nitrogens is 3. The van der Waals surface area contributed by atoms with Crippen molar-refractivity contribution in [2.45, 2.75) is 33.8 Å². The molecule has 4 aromatic rings. The van der Waals surface area contributed by atoms with Gasteiger partial charge in [0.25, 0.3) is 5.91 Å². The summed E-state index contributed by atoms with van der Waals surface area (Å²) in [5.41, 5.74) is 5.30.